The second kappa shape index (κ2) is 10.1. The molecule has 0 amide bonds. The molecule has 0 spiro atoms. The summed E-state index contributed by atoms with van der Waals surface area (Å²) in [5.74, 6) is -4.02. The van der Waals surface area contributed by atoms with Crippen LogP contribution in [0.15, 0.2) is 35.5 Å². The van der Waals surface area contributed by atoms with E-state index in [9.17, 15) is 33.0 Å². The second-order valence-corrected chi connectivity index (χ2v) is 7.14. The lowest BCUT2D eigenvalue weighted by Crippen LogP contribution is -2.63. The normalized spacial score (nSPS) is 21.9. The molecule has 0 aliphatic heterocycles. The number of carboxylic acid groups (broad SMARTS) is 1. The summed E-state index contributed by atoms with van der Waals surface area (Å²) in [6.07, 6.45) is -1.17. The minimum atomic E-state index is -4.89. The molecule has 0 fully saturated rings. The van der Waals surface area contributed by atoms with E-state index in [0.717, 1.165) is 5.57 Å². The Hall–Kier alpha value is -2.01. The van der Waals surface area contributed by atoms with Crippen LogP contribution in [0.1, 0.15) is 32.6 Å². The first-order chi connectivity index (χ1) is 13.3. The van der Waals surface area contributed by atoms with Gasteiger partial charge in [-0.3, -0.25) is 9.59 Å². The van der Waals surface area contributed by atoms with Gasteiger partial charge in [0.25, 0.3) is 5.78 Å². The summed E-state index contributed by atoms with van der Waals surface area (Å²) in [6, 6.07) is 0. The van der Waals surface area contributed by atoms with Crippen LogP contribution in [-0.2, 0) is 9.59 Å². The maximum absolute atomic E-state index is 12.5. The first kappa shape index (κ1) is 25.0. The maximum Gasteiger partial charge on any atom is 0.454 e. The smallest absolute Gasteiger partial charge is 0.454 e. The quantitative estimate of drug-likeness (QED) is 0.334. The number of nitrogens with two attached hydrogens (primary N) is 1. The number of hydrogen-bond donors (Lipinski definition) is 5. The number of aliphatic carboxylic acids is 1. The first-order valence-corrected chi connectivity index (χ1v) is 9.00. The van der Waals surface area contributed by atoms with Crippen molar-refractivity contribution in [2.24, 2.45) is 11.7 Å². The Morgan fingerprint density at radius 3 is 2.38 bits per heavy atom. The minimum absolute atomic E-state index is 0.104. The zero-order valence-electron chi connectivity index (χ0n) is 15.9. The van der Waals surface area contributed by atoms with Crippen LogP contribution < -0.4 is 5.73 Å². The molecule has 0 saturated heterocycles. The summed E-state index contributed by atoms with van der Waals surface area (Å²) in [4.78, 5) is 22.4. The molecule has 0 radical (unpaired) electrons. The molecule has 7 nitrogen and oxygen atoms in total. The lowest BCUT2D eigenvalue weighted by molar-refractivity contribution is -0.167. The fourth-order valence-corrected chi connectivity index (χ4v) is 2.97. The minimum Gasteiger partial charge on any atom is -0.480 e. The van der Waals surface area contributed by atoms with Crippen LogP contribution in [0.3, 0.4) is 0 Å². The van der Waals surface area contributed by atoms with Crippen molar-refractivity contribution in [2.75, 3.05) is 6.61 Å². The molecule has 0 aromatic carbocycles. The number of Topliss-reactive ketones (excluding diaryl/α,β-unsaturated/α-hetero) is 1. The van der Waals surface area contributed by atoms with E-state index in [0.29, 0.717) is 19.3 Å². The maximum atomic E-state index is 12.5. The van der Waals surface area contributed by atoms with Crippen molar-refractivity contribution >= 4 is 11.8 Å². The van der Waals surface area contributed by atoms with E-state index in [2.05, 4.69) is 0 Å². The number of halogens is 3. The van der Waals surface area contributed by atoms with Crippen molar-refractivity contribution in [1.82, 2.24) is 0 Å². The number of aliphatic hydroxyl groups excluding tert-OH is 3. The van der Waals surface area contributed by atoms with Gasteiger partial charge in [0.15, 0.2) is 5.54 Å². The largest absolute Gasteiger partial charge is 0.480 e. The molecule has 0 bridgehead atoms. The van der Waals surface area contributed by atoms with Gasteiger partial charge in [-0.15, -0.1) is 0 Å². The Balaban J connectivity index is 2.57. The van der Waals surface area contributed by atoms with Gasteiger partial charge in [-0.05, 0) is 31.6 Å². The van der Waals surface area contributed by atoms with Crippen molar-refractivity contribution in [1.29, 1.82) is 0 Å². The summed E-state index contributed by atoms with van der Waals surface area (Å²) in [6.45, 7) is 0.502. The topological polar surface area (TPSA) is 141 Å². The van der Waals surface area contributed by atoms with E-state index in [1.807, 2.05) is 0 Å². The molecular weight excluding hydrogens is 395 g/mol. The van der Waals surface area contributed by atoms with Gasteiger partial charge in [-0.25, -0.2) is 0 Å². The highest BCUT2D eigenvalue weighted by Gasteiger charge is 2.44. The molecule has 4 atom stereocenters. The summed E-state index contributed by atoms with van der Waals surface area (Å²) >= 11 is 0. The predicted molar refractivity (Wildman–Crippen MR) is 97.7 cm³/mol. The number of allylic oxidation sites excluding steroid dienone is 5. The summed E-state index contributed by atoms with van der Waals surface area (Å²) < 4.78 is 37.6. The SMILES string of the molecule is CC1CC(CC/C=C/CC(O)C(O)C(N)(CO)C(=O)O)=CC=C1C(=O)C(F)(F)F. The van der Waals surface area contributed by atoms with Crippen molar-refractivity contribution in [2.45, 2.75) is 56.5 Å². The van der Waals surface area contributed by atoms with E-state index in [1.165, 1.54) is 18.2 Å². The highest BCUT2D eigenvalue weighted by atomic mass is 19.4. The third-order valence-corrected chi connectivity index (χ3v) is 4.85. The zero-order valence-corrected chi connectivity index (χ0v) is 15.9. The molecule has 0 saturated carbocycles. The number of hydrogen-bond acceptors (Lipinski definition) is 6. The van der Waals surface area contributed by atoms with E-state index in [1.54, 1.807) is 13.0 Å². The van der Waals surface area contributed by atoms with Gasteiger partial charge in [0, 0.05) is 5.57 Å². The van der Waals surface area contributed by atoms with Gasteiger partial charge >= 0.3 is 12.1 Å². The summed E-state index contributed by atoms with van der Waals surface area (Å²) in [7, 11) is 0. The van der Waals surface area contributed by atoms with Crippen LogP contribution in [0.4, 0.5) is 13.2 Å². The Labute approximate surface area is 166 Å². The molecule has 4 unspecified atom stereocenters. The van der Waals surface area contributed by atoms with Crippen LogP contribution in [-0.4, -0.2) is 62.7 Å². The highest BCUT2D eigenvalue weighted by Crippen LogP contribution is 2.32. The van der Waals surface area contributed by atoms with Gasteiger partial charge < -0.3 is 26.2 Å². The molecular formula is C19H26F3NO6. The van der Waals surface area contributed by atoms with Crippen LogP contribution in [0.2, 0.25) is 0 Å². The Kier molecular flexibility index (Phi) is 8.76. The number of carboxylic acids is 1. The Morgan fingerprint density at radius 2 is 1.90 bits per heavy atom. The standard InChI is InChI=1S/C19H26F3NO6/c1-11-9-12(7-8-13(11)15(26)19(20,21)22)5-3-2-4-6-14(25)16(27)18(23,10-24)17(28)29/h2,4,7-8,11,14,16,24-25,27H,3,5-6,9-10,23H2,1H3,(H,28,29)/b4-2+. The number of ketones is 1. The Morgan fingerprint density at radius 1 is 1.28 bits per heavy atom. The van der Waals surface area contributed by atoms with Crippen molar-refractivity contribution in [3.63, 3.8) is 0 Å². The lowest BCUT2D eigenvalue weighted by Gasteiger charge is -2.30. The number of aliphatic hydroxyl groups is 3. The predicted octanol–water partition coefficient (Wildman–Crippen LogP) is 1.23. The van der Waals surface area contributed by atoms with Crippen molar-refractivity contribution in [3.8, 4) is 0 Å². The average Bonchev–Trinajstić information content (AvgIpc) is 2.64. The Bertz CT molecular complexity index is 701. The van der Waals surface area contributed by atoms with Crippen molar-refractivity contribution in [3.05, 3.63) is 35.5 Å². The third kappa shape index (κ3) is 6.49. The second-order valence-electron chi connectivity index (χ2n) is 7.14. The van der Waals surface area contributed by atoms with Crippen LogP contribution >= 0.6 is 0 Å². The molecule has 10 heteroatoms. The highest BCUT2D eigenvalue weighted by molar-refractivity contribution is 6.00. The van der Waals surface area contributed by atoms with Crippen LogP contribution in [0, 0.1) is 5.92 Å². The molecule has 6 N–H and O–H groups in total. The van der Waals surface area contributed by atoms with Gasteiger partial charge in [0.2, 0.25) is 0 Å². The molecule has 0 heterocycles. The zero-order chi connectivity index (χ0) is 22.4. The molecule has 1 rings (SSSR count). The number of carbonyl (C=O) groups excluding carboxylic acids is 1. The van der Waals surface area contributed by atoms with E-state index in [-0.39, 0.29) is 12.0 Å². The summed E-state index contributed by atoms with van der Waals surface area (Å²) in [5.41, 5.74) is 3.62. The number of rotatable bonds is 10. The monoisotopic (exact) mass is 421 g/mol. The van der Waals surface area contributed by atoms with Crippen molar-refractivity contribution < 1.29 is 43.2 Å². The van der Waals surface area contributed by atoms with E-state index >= 15 is 0 Å². The fourth-order valence-electron chi connectivity index (χ4n) is 2.97. The van der Waals surface area contributed by atoms with Gasteiger partial charge in [-0.1, -0.05) is 36.8 Å². The average molecular weight is 421 g/mol. The molecule has 1 aliphatic carbocycles. The lowest BCUT2D eigenvalue weighted by atomic mass is 9.84. The van der Waals surface area contributed by atoms with Gasteiger partial charge in [0.1, 0.15) is 6.10 Å². The third-order valence-electron chi connectivity index (χ3n) is 4.85. The first-order valence-electron chi connectivity index (χ1n) is 9.00. The number of carbonyl (C=O) groups is 2. The molecule has 0 aromatic heterocycles. The summed E-state index contributed by atoms with van der Waals surface area (Å²) in [5, 5.41) is 37.7. The fraction of sp³-hybridized carbons (Fsp3) is 0.579. The van der Waals surface area contributed by atoms with Crippen LogP contribution in [0.5, 0.6) is 0 Å². The van der Waals surface area contributed by atoms with E-state index in [4.69, 9.17) is 15.9 Å². The van der Waals surface area contributed by atoms with Gasteiger partial charge in [0.05, 0.1) is 12.7 Å². The van der Waals surface area contributed by atoms with Gasteiger partial charge in [-0.2, -0.15) is 13.2 Å². The molecule has 164 valence electrons. The molecule has 1 aliphatic rings. The number of alkyl halides is 3. The van der Waals surface area contributed by atoms with Crippen LogP contribution in [0.25, 0.3) is 0 Å². The molecule has 29 heavy (non-hydrogen) atoms. The molecule has 0 aromatic rings. The van der Waals surface area contributed by atoms with E-state index < -0.39 is 48.2 Å².